The number of hydrogen-bond acceptors (Lipinski definition) is 4. The topological polar surface area (TPSA) is 48.4 Å². The number of hydrogen-bond donors (Lipinski definition) is 0. The number of halogens is 6. The summed E-state index contributed by atoms with van der Waals surface area (Å²) < 4.78 is 82.2. The lowest BCUT2D eigenvalue weighted by molar-refractivity contribution is -0.275. The van der Waals surface area contributed by atoms with Gasteiger partial charge in [-0.3, -0.25) is 9.78 Å². The molecular formula is C10H7F6NO3. The number of esters is 1. The van der Waals surface area contributed by atoms with Crippen molar-refractivity contribution in [3.8, 4) is 5.75 Å². The number of rotatable bonds is 4. The first-order valence-electron chi connectivity index (χ1n) is 4.93. The molecule has 0 atom stereocenters. The van der Waals surface area contributed by atoms with E-state index in [1.54, 1.807) is 0 Å². The zero-order valence-corrected chi connectivity index (χ0v) is 9.80. The fourth-order valence-electron chi connectivity index (χ4n) is 1.29. The summed E-state index contributed by atoms with van der Waals surface area (Å²) in [5, 5.41) is 0. The molecule has 0 radical (unpaired) electrons. The van der Waals surface area contributed by atoms with Crippen LogP contribution in [0, 0.1) is 5.82 Å². The first-order valence-corrected chi connectivity index (χ1v) is 4.93. The number of methoxy groups -OCH3 is 1. The summed E-state index contributed by atoms with van der Waals surface area (Å²) in [6, 6.07) is 0. The van der Waals surface area contributed by atoms with Crippen molar-refractivity contribution in [1.29, 1.82) is 0 Å². The third-order valence-corrected chi connectivity index (χ3v) is 2.08. The van der Waals surface area contributed by atoms with E-state index in [-0.39, 0.29) is 6.20 Å². The van der Waals surface area contributed by atoms with Gasteiger partial charge >= 0.3 is 12.3 Å². The molecule has 0 aliphatic carbocycles. The number of nitrogens with zero attached hydrogens (tertiary/aromatic N) is 1. The Bertz CT molecular complexity index is 503. The number of pyridine rings is 1. The van der Waals surface area contributed by atoms with Gasteiger partial charge in [0.05, 0.1) is 31.0 Å². The summed E-state index contributed by atoms with van der Waals surface area (Å²) in [6.07, 6.45) is -9.27. The number of alkyl halides is 5. The van der Waals surface area contributed by atoms with Gasteiger partial charge in [-0.1, -0.05) is 0 Å². The van der Waals surface area contributed by atoms with Crippen LogP contribution in [0.4, 0.5) is 26.3 Å². The number of ether oxygens (including phenoxy) is 2. The first-order chi connectivity index (χ1) is 9.15. The molecule has 1 heterocycles. The summed E-state index contributed by atoms with van der Waals surface area (Å²) in [5.41, 5.74) is -2.16. The predicted octanol–water partition coefficient (Wildman–Crippen LogP) is 2.77. The minimum atomic E-state index is -5.26. The molecule has 0 aromatic carbocycles. The van der Waals surface area contributed by atoms with Crippen molar-refractivity contribution in [3.63, 3.8) is 0 Å². The zero-order chi connectivity index (χ0) is 15.5. The maximum absolute atomic E-state index is 13.6. The minimum absolute atomic E-state index is 0.271. The molecule has 0 bridgehead atoms. The van der Waals surface area contributed by atoms with E-state index >= 15 is 0 Å². The van der Waals surface area contributed by atoms with Gasteiger partial charge < -0.3 is 9.47 Å². The largest absolute Gasteiger partial charge is 0.573 e. The number of carbonyl (C=O) groups excluding carboxylic acids is 1. The van der Waals surface area contributed by atoms with Gasteiger partial charge in [0.2, 0.25) is 0 Å². The van der Waals surface area contributed by atoms with E-state index in [2.05, 4.69) is 14.5 Å². The molecule has 20 heavy (non-hydrogen) atoms. The Morgan fingerprint density at radius 2 is 2.00 bits per heavy atom. The van der Waals surface area contributed by atoms with Crippen LogP contribution in [-0.4, -0.2) is 24.4 Å². The second-order valence-corrected chi connectivity index (χ2v) is 3.40. The van der Waals surface area contributed by atoms with Crippen LogP contribution in [0.25, 0.3) is 0 Å². The lowest BCUT2D eigenvalue weighted by atomic mass is 10.1. The molecule has 1 rings (SSSR count). The summed E-state index contributed by atoms with van der Waals surface area (Å²) in [5.74, 6) is -4.42. The summed E-state index contributed by atoms with van der Waals surface area (Å²) in [6.45, 7) is 0. The highest BCUT2D eigenvalue weighted by Gasteiger charge is 2.34. The van der Waals surface area contributed by atoms with Crippen LogP contribution in [0.15, 0.2) is 6.20 Å². The van der Waals surface area contributed by atoms with Gasteiger partial charge in [-0.05, 0) is 0 Å². The van der Waals surface area contributed by atoms with Crippen LogP contribution >= 0.6 is 0 Å². The summed E-state index contributed by atoms with van der Waals surface area (Å²) in [4.78, 5) is 14.1. The minimum Gasteiger partial charge on any atom is -0.469 e. The summed E-state index contributed by atoms with van der Waals surface area (Å²) in [7, 11) is 0.960. The fraction of sp³-hybridized carbons (Fsp3) is 0.400. The van der Waals surface area contributed by atoms with Gasteiger partial charge in [0, 0.05) is 0 Å². The predicted molar refractivity (Wildman–Crippen MR) is 51.6 cm³/mol. The Morgan fingerprint density at radius 3 is 2.45 bits per heavy atom. The van der Waals surface area contributed by atoms with Gasteiger partial charge in [-0.15, -0.1) is 13.2 Å². The Morgan fingerprint density at radius 1 is 1.40 bits per heavy atom. The van der Waals surface area contributed by atoms with E-state index in [0.29, 0.717) is 0 Å². The highest BCUT2D eigenvalue weighted by Crippen LogP contribution is 2.33. The van der Waals surface area contributed by atoms with Crippen molar-refractivity contribution in [2.24, 2.45) is 0 Å². The van der Waals surface area contributed by atoms with Crippen molar-refractivity contribution in [2.75, 3.05) is 7.11 Å². The molecule has 112 valence electrons. The molecule has 0 unspecified atom stereocenters. The van der Waals surface area contributed by atoms with E-state index in [9.17, 15) is 31.1 Å². The molecule has 0 amide bonds. The highest BCUT2D eigenvalue weighted by molar-refractivity contribution is 5.72. The molecule has 0 saturated carbocycles. The molecule has 0 aliphatic heterocycles. The standard InChI is InChI=1S/C10H7F6NO3/c1-19-6(18)2-4-7(9(12)13)8(11)5(3-17-4)20-10(14,15)16/h3,9H,2H2,1H3. The van der Waals surface area contributed by atoms with E-state index in [0.717, 1.165) is 7.11 Å². The Labute approximate surface area is 108 Å². The van der Waals surface area contributed by atoms with Crippen molar-refractivity contribution in [3.05, 3.63) is 23.3 Å². The maximum Gasteiger partial charge on any atom is 0.573 e. The fourth-order valence-corrected chi connectivity index (χ4v) is 1.29. The highest BCUT2D eigenvalue weighted by atomic mass is 19.4. The Balaban J connectivity index is 3.23. The van der Waals surface area contributed by atoms with Crippen LogP contribution in [0.3, 0.4) is 0 Å². The van der Waals surface area contributed by atoms with Crippen molar-refractivity contribution >= 4 is 5.97 Å². The van der Waals surface area contributed by atoms with E-state index < -0.39 is 48.0 Å². The molecule has 0 saturated heterocycles. The average molecular weight is 303 g/mol. The van der Waals surface area contributed by atoms with Crippen molar-refractivity contribution < 1.29 is 40.6 Å². The summed E-state index contributed by atoms with van der Waals surface area (Å²) >= 11 is 0. The van der Waals surface area contributed by atoms with Crippen LogP contribution in [0.1, 0.15) is 17.7 Å². The average Bonchev–Trinajstić information content (AvgIpc) is 2.30. The molecule has 4 nitrogen and oxygen atoms in total. The molecule has 1 aromatic heterocycles. The van der Waals surface area contributed by atoms with Gasteiger partial charge in [0.1, 0.15) is 0 Å². The van der Waals surface area contributed by atoms with Crippen LogP contribution in [0.2, 0.25) is 0 Å². The quantitative estimate of drug-likeness (QED) is 0.634. The Hall–Kier alpha value is -2.00. The molecular weight excluding hydrogens is 296 g/mol. The van der Waals surface area contributed by atoms with Gasteiger partial charge in [0.25, 0.3) is 6.43 Å². The lowest BCUT2D eigenvalue weighted by Crippen LogP contribution is -2.19. The third kappa shape index (κ3) is 4.00. The number of aromatic nitrogens is 1. The normalized spacial score (nSPS) is 11.6. The molecule has 0 aliphatic rings. The second-order valence-electron chi connectivity index (χ2n) is 3.40. The van der Waals surface area contributed by atoms with E-state index in [1.165, 1.54) is 0 Å². The van der Waals surface area contributed by atoms with Gasteiger partial charge in [-0.2, -0.15) is 0 Å². The smallest absolute Gasteiger partial charge is 0.469 e. The monoisotopic (exact) mass is 303 g/mol. The van der Waals surface area contributed by atoms with E-state index in [4.69, 9.17) is 0 Å². The van der Waals surface area contributed by atoms with Crippen LogP contribution in [0.5, 0.6) is 5.75 Å². The Kier molecular flexibility index (Phi) is 4.79. The van der Waals surface area contributed by atoms with Gasteiger partial charge in [-0.25, -0.2) is 13.2 Å². The van der Waals surface area contributed by atoms with E-state index in [1.807, 2.05) is 0 Å². The molecule has 0 N–H and O–H groups in total. The number of carbonyl (C=O) groups is 1. The van der Waals surface area contributed by atoms with Crippen molar-refractivity contribution in [2.45, 2.75) is 19.2 Å². The van der Waals surface area contributed by atoms with Gasteiger partial charge in [0.15, 0.2) is 11.6 Å². The van der Waals surface area contributed by atoms with Crippen LogP contribution in [-0.2, 0) is 16.0 Å². The second kappa shape index (κ2) is 5.97. The molecule has 0 fully saturated rings. The first kappa shape index (κ1) is 16.1. The molecule has 10 heteroatoms. The zero-order valence-electron chi connectivity index (χ0n) is 9.80. The SMILES string of the molecule is COC(=O)Cc1ncc(OC(F)(F)F)c(F)c1C(F)F. The lowest BCUT2D eigenvalue weighted by Gasteiger charge is -2.13. The van der Waals surface area contributed by atoms with Crippen LogP contribution < -0.4 is 4.74 Å². The molecule has 0 spiro atoms. The third-order valence-electron chi connectivity index (χ3n) is 2.08. The molecule has 1 aromatic rings. The van der Waals surface area contributed by atoms with Crippen molar-refractivity contribution in [1.82, 2.24) is 4.98 Å². The maximum atomic E-state index is 13.6.